The highest BCUT2D eigenvalue weighted by Gasteiger charge is 1.97. The second-order valence-electron chi connectivity index (χ2n) is 3.79. The molecule has 2 heteroatoms. The molecule has 0 aliphatic carbocycles. The standard InChI is InChI=1S/C14H21O2/c1-3-5-10-15-13-8-7-9-14(12-13)16-11-6-4-2/h7-8,12H,3-6,10-11H2,1-2H3. The lowest BCUT2D eigenvalue weighted by atomic mass is 10.3. The van der Waals surface area contributed by atoms with Gasteiger partial charge in [-0.15, -0.1) is 0 Å². The van der Waals surface area contributed by atoms with Gasteiger partial charge in [-0.3, -0.25) is 0 Å². The smallest absolute Gasteiger partial charge is 0.130 e. The van der Waals surface area contributed by atoms with Crippen molar-refractivity contribution >= 4 is 0 Å². The molecule has 0 amide bonds. The third-order valence-electron chi connectivity index (χ3n) is 2.27. The fraction of sp³-hybridized carbons (Fsp3) is 0.571. The Kier molecular flexibility index (Phi) is 6.47. The lowest BCUT2D eigenvalue weighted by molar-refractivity contribution is 0.294. The second kappa shape index (κ2) is 8.03. The molecule has 1 radical (unpaired) electrons. The molecular weight excluding hydrogens is 200 g/mol. The van der Waals surface area contributed by atoms with Gasteiger partial charge in [0.25, 0.3) is 0 Å². The summed E-state index contributed by atoms with van der Waals surface area (Å²) in [5.74, 6) is 1.65. The van der Waals surface area contributed by atoms with Crippen LogP contribution in [0, 0.1) is 6.07 Å². The van der Waals surface area contributed by atoms with Crippen LogP contribution in [0.15, 0.2) is 18.2 Å². The van der Waals surface area contributed by atoms with Crippen molar-refractivity contribution in [2.24, 2.45) is 0 Å². The average molecular weight is 221 g/mol. The predicted molar refractivity (Wildman–Crippen MR) is 66.1 cm³/mol. The van der Waals surface area contributed by atoms with E-state index in [1.165, 1.54) is 0 Å². The Balaban J connectivity index is 2.37. The van der Waals surface area contributed by atoms with Crippen LogP contribution in [-0.2, 0) is 0 Å². The Morgan fingerprint density at radius 3 is 2.44 bits per heavy atom. The summed E-state index contributed by atoms with van der Waals surface area (Å²) in [7, 11) is 0. The minimum absolute atomic E-state index is 0.755. The molecule has 0 heterocycles. The zero-order valence-electron chi connectivity index (χ0n) is 10.3. The molecule has 0 N–H and O–H groups in total. The number of benzene rings is 1. The summed E-state index contributed by atoms with van der Waals surface area (Å²) in [6.45, 7) is 5.83. The van der Waals surface area contributed by atoms with Gasteiger partial charge in [0.15, 0.2) is 0 Å². The minimum Gasteiger partial charge on any atom is -0.493 e. The van der Waals surface area contributed by atoms with E-state index in [0.29, 0.717) is 0 Å². The zero-order chi connectivity index (χ0) is 11.6. The fourth-order valence-corrected chi connectivity index (χ4v) is 1.26. The van der Waals surface area contributed by atoms with Crippen LogP contribution in [-0.4, -0.2) is 13.2 Å². The van der Waals surface area contributed by atoms with Crippen molar-refractivity contribution in [1.82, 2.24) is 0 Å². The van der Waals surface area contributed by atoms with Crippen LogP contribution in [0.4, 0.5) is 0 Å². The summed E-state index contributed by atoms with van der Waals surface area (Å²) in [5, 5.41) is 0. The third kappa shape index (κ3) is 5.06. The number of ether oxygens (including phenoxy) is 2. The van der Waals surface area contributed by atoms with Crippen molar-refractivity contribution in [2.45, 2.75) is 39.5 Å². The van der Waals surface area contributed by atoms with Crippen LogP contribution in [0.1, 0.15) is 39.5 Å². The number of unbranched alkanes of at least 4 members (excludes halogenated alkanes) is 2. The van der Waals surface area contributed by atoms with Gasteiger partial charge in [0.1, 0.15) is 11.5 Å². The summed E-state index contributed by atoms with van der Waals surface area (Å²) < 4.78 is 11.2. The maximum Gasteiger partial charge on any atom is 0.130 e. The molecule has 0 fully saturated rings. The van der Waals surface area contributed by atoms with E-state index in [4.69, 9.17) is 9.47 Å². The lowest BCUT2D eigenvalue weighted by Crippen LogP contribution is -1.99. The van der Waals surface area contributed by atoms with Crippen LogP contribution < -0.4 is 9.47 Å². The fourth-order valence-electron chi connectivity index (χ4n) is 1.26. The first-order valence-electron chi connectivity index (χ1n) is 6.14. The van der Waals surface area contributed by atoms with Crippen LogP contribution >= 0.6 is 0 Å². The van der Waals surface area contributed by atoms with Gasteiger partial charge < -0.3 is 9.47 Å². The molecule has 89 valence electrons. The molecule has 2 nitrogen and oxygen atoms in total. The number of hydrogen-bond donors (Lipinski definition) is 0. The Morgan fingerprint density at radius 1 is 1.06 bits per heavy atom. The van der Waals surface area contributed by atoms with E-state index in [-0.39, 0.29) is 0 Å². The van der Waals surface area contributed by atoms with E-state index < -0.39 is 0 Å². The SMILES string of the molecule is CCCCOc1[c]ccc(OCCCC)c1. The Labute approximate surface area is 98.6 Å². The van der Waals surface area contributed by atoms with Crippen molar-refractivity contribution in [3.63, 3.8) is 0 Å². The maximum absolute atomic E-state index is 5.59. The van der Waals surface area contributed by atoms with Gasteiger partial charge >= 0.3 is 0 Å². The molecule has 0 unspecified atom stereocenters. The topological polar surface area (TPSA) is 18.5 Å². The first-order valence-corrected chi connectivity index (χ1v) is 6.14. The van der Waals surface area contributed by atoms with Crippen molar-refractivity contribution in [2.75, 3.05) is 13.2 Å². The van der Waals surface area contributed by atoms with E-state index in [0.717, 1.165) is 50.4 Å². The molecule has 1 aromatic carbocycles. The number of rotatable bonds is 8. The van der Waals surface area contributed by atoms with Crippen molar-refractivity contribution < 1.29 is 9.47 Å². The molecule has 0 saturated heterocycles. The van der Waals surface area contributed by atoms with Gasteiger partial charge in [0.05, 0.1) is 13.2 Å². The molecule has 0 bridgehead atoms. The van der Waals surface area contributed by atoms with Gasteiger partial charge in [-0.2, -0.15) is 0 Å². The van der Waals surface area contributed by atoms with Crippen LogP contribution in [0.3, 0.4) is 0 Å². The van der Waals surface area contributed by atoms with Crippen LogP contribution in [0.25, 0.3) is 0 Å². The van der Waals surface area contributed by atoms with E-state index in [9.17, 15) is 0 Å². The highest BCUT2D eigenvalue weighted by atomic mass is 16.5. The third-order valence-corrected chi connectivity index (χ3v) is 2.27. The first kappa shape index (κ1) is 12.9. The van der Waals surface area contributed by atoms with E-state index in [1.807, 2.05) is 18.2 Å². The summed E-state index contributed by atoms with van der Waals surface area (Å²) in [6, 6.07) is 8.73. The quantitative estimate of drug-likeness (QED) is 0.621. The highest BCUT2D eigenvalue weighted by molar-refractivity contribution is 5.31. The molecule has 0 atom stereocenters. The summed E-state index contributed by atoms with van der Waals surface area (Å²) >= 11 is 0. The second-order valence-corrected chi connectivity index (χ2v) is 3.79. The van der Waals surface area contributed by atoms with Gasteiger partial charge in [-0.1, -0.05) is 26.7 Å². The molecule has 0 spiro atoms. The average Bonchev–Trinajstić information content (AvgIpc) is 2.30. The number of hydrogen-bond acceptors (Lipinski definition) is 2. The van der Waals surface area contributed by atoms with Crippen LogP contribution in [0.2, 0.25) is 0 Å². The largest absolute Gasteiger partial charge is 0.493 e. The first-order chi connectivity index (χ1) is 7.86. The van der Waals surface area contributed by atoms with E-state index in [1.54, 1.807) is 0 Å². The Morgan fingerprint density at radius 2 is 1.75 bits per heavy atom. The molecule has 0 aliphatic rings. The molecule has 0 saturated carbocycles. The van der Waals surface area contributed by atoms with Gasteiger partial charge in [0.2, 0.25) is 0 Å². The van der Waals surface area contributed by atoms with E-state index >= 15 is 0 Å². The Hall–Kier alpha value is -1.18. The monoisotopic (exact) mass is 221 g/mol. The summed E-state index contributed by atoms with van der Waals surface area (Å²) in [6.07, 6.45) is 4.46. The van der Waals surface area contributed by atoms with Crippen molar-refractivity contribution in [3.05, 3.63) is 24.3 Å². The molecule has 0 aliphatic heterocycles. The van der Waals surface area contributed by atoms with Gasteiger partial charge in [-0.25, -0.2) is 0 Å². The molecule has 1 rings (SSSR count). The zero-order valence-corrected chi connectivity index (χ0v) is 10.3. The van der Waals surface area contributed by atoms with Gasteiger partial charge in [0, 0.05) is 12.1 Å². The van der Waals surface area contributed by atoms with Crippen molar-refractivity contribution in [3.8, 4) is 11.5 Å². The highest BCUT2D eigenvalue weighted by Crippen LogP contribution is 2.19. The van der Waals surface area contributed by atoms with Crippen molar-refractivity contribution in [1.29, 1.82) is 0 Å². The predicted octanol–water partition coefficient (Wildman–Crippen LogP) is 3.84. The van der Waals surface area contributed by atoms with E-state index in [2.05, 4.69) is 19.9 Å². The van der Waals surface area contributed by atoms with Crippen LogP contribution in [0.5, 0.6) is 11.5 Å². The Bertz CT molecular complexity index is 259. The molecule has 1 aromatic rings. The minimum atomic E-state index is 0.755. The summed E-state index contributed by atoms with van der Waals surface area (Å²) in [4.78, 5) is 0. The summed E-state index contributed by atoms with van der Waals surface area (Å²) in [5.41, 5.74) is 0. The molecule has 0 aromatic heterocycles. The molecule has 16 heavy (non-hydrogen) atoms. The molecular formula is C14H21O2. The lowest BCUT2D eigenvalue weighted by Gasteiger charge is -2.08. The van der Waals surface area contributed by atoms with Gasteiger partial charge in [-0.05, 0) is 25.0 Å². The normalized spacial score (nSPS) is 10.1. The maximum atomic E-state index is 5.59.